The third-order valence-electron chi connectivity index (χ3n) is 3.17. The van der Waals surface area contributed by atoms with Gasteiger partial charge in [0.2, 0.25) is 0 Å². The van der Waals surface area contributed by atoms with E-state index < -0.39 is 5.97 Å². The molecule has 0 aliphatic heterocycles. The van der Waals surface area contributed by atoms with Crippen LogP contribution >= 0.6 is 0 Å². The summed E-state index contributed by atoms with van der Waals surface area (Å²) in [7, 11) is 0. The molecule has 2 aromatic rings. The summed E-state index contributed by atoms with van der Waals surface area (Å²) in [6.07, 6.45) is 1.78. The summed E-state index contributed by atoms with van der Waals surface area (Å²) in [5, 5.41) is 13.3. The van der Waals surface area contributed by atoms with Crippen molar-refractivity contribution in [2.45, 2.75) is 26.4 Å². The number of aliphatic carboxylic acids is 1. The molecule has 0 saturated carbocycles. The van der Waals surface area contributed by atoms with Crippen LogP contribution < -0.4 is 0 Å². The summed E-state index contributed by atoms with van der Waals surface area (Å²) >= 11 is 0. The first-order chi connectivity index (χ1) is 9.95. The van der Waals surface area contributed by atoms with Crippen LogP contribution in [0.4, 0.5) is 4.39 Å². The second-order valence-corrected chi connectivity index (χ2v) is 5.12. The maximum absolute atomic E-state index is 12.9. The van der Waals surface area contributed by atoms with Gasteiger partial charge in [-0.2, -0.15) is 5.10 Å². The molecular formula is C15H18FN3O2. The lowest BCUT2D eigenvalue weighted by Crippen LogP contribution is -2.35. The van der Waals surface area contributed by atoms with Crippen molar-refractivity contribution in [3.63, 3.8) is 0 Å². The molecule has 1 aromatic carbocycles. The molecule has 112 valence electrons. The Bertz CT molecular complexity index is 608. The Kier molecular flexibility index (Phi) is 4.70. The van der Waals surface area contributed by atoms with Gasteiger partial charge in [0.25, 0.3) is 0 Å². The Morgan fingerprint density at radius 1 is 1.33 bits per heavy atom. The van der Waals surface area contributed by atoms with E-state index in [0.29, 0.717) is 6.54 Å². The second-order valence-electron chi connectivity index (χ2n) is 5.12. The van der Waals surface area contributed by atoms with Crippen LogP contribution in [0, 0.1) is 5.82 Å². The van der Waals surface area contributed by atoms with E-state index in [2.05, 4.69) is 5.10 Å². The summed E-state index contributed by atoms with van der Waals surface area (Å²) in [5.74, 6) is -1.15. The third kappa shape index (κ3) is 4.13. The van der Waals surface area contributed by atoms with Crippen LogP contribution in [0.3, 0.4) is 0 Å². The van der Waals surface area contributed by atoms with Gasteiger partial charge in [0.15, 0.2) is 0 Å². The fourth-order valence-corrected chi connectivity index (χ4v) is 1.99. The molecule has 1 N–H and O–H groups in total. The zero-order valence-corrected chi connectivity index (χ0v) is 12.0. The normalized spacial score (nSPS) is 11.3. The van der Waals surface area contributed by atoms with Crippen molar-refractivity contribution in [2.75, 3.05) is 6.54 Å². The Hall–Kier alpha value is -2.21. The molecule has 0 aliphatic carbocycles. The van der Waals surface area contributed by atoms with Crippen LogP contribution in [0.25, 0.3) is 5.69 Å². The summed E-state index contributed by atoms with van der Waals surface area (Å²) in [4.78, 5) is 12.7. The van der Waals surface area contributed by atoms with Gasteiger partial charge in [-0.25, -0.2) is 9.07 Å². The molecule has 0 atom stereocenters. The van der Waals surface area contributed by atoms with Gasteiger partial charge in [-0.3, -0.25) is 9.69 Å². The molecule has 0 amide bonds. The monoisotopic (exact) mass is 291 g/mol. The van der Waals surface area contributed by atoms with Crippen LogP contribution in [0.1, 0.15) is 19.5 Å². The van der Waals surface area contributed by atoms with Gasteiger partial charge in [0, 0.05) is 18.8 Å². The number of aromatic nitrogens is 2. The molecular weight excluding hydrogens is 273 g/mol. The quantitative estimate of drug-likeness (QED) is 0.887. The number of hydrogen-bond donors (Lipinski definition) is 1. The minimum atomic E-state index is -0.860. The summed E-state index contributed by atoms with van der Waals surface area (Å²) < 4.78 is 14.5. The van der Waals surface area contributed by atoms with Crippen molar-refractivity contribution in [3.05, 3.63) is 48.0 Å². The van der Waals surface area contributed by atoms with E-state index in [1.165, 1.54) is 12.1 Å². The molecule has 0 fully saturated rings. The van der Waals surface area contributed by atoms with Crippen molar-refractivity contribution in [3.8, 4) is 5.69 Å². The Morgan fingerprint density at radius 3 is 2.57 bits per heavy atom. The van der Waals surface area contributed by atoms with Gasteiger partial charge >= 0.3 is 5.97 Å². The molecule has 1 aromatic heterocycles. The topological polar surface area (TPSA) is 58.4 Å². The lowest BCUT2D eigenvalue weighted by Gasteiger charge is -2.23. The van der Waals surface area contributed by atoms with Gasteiger partial charge in [-0.05, 0) is 44.2 Å². The highest BCUT2D eigenvalue weighted by molar-refractivity contribution is 5.69. The molecule has 0 unspecified atom stereocenters. The number of rotatable bonds is 6. The van der Waals surface area contributed by atoms with Crippen LogP contribution in [-0.4, -0.2) is 38.3 Å². The van der Waals surface area contributed by atoms with Crippen LogP contribution in [0.15, 0.2) is 36.5 Å². The first-order valence-corrected chi connectivity index (χ1v) is 6.72. The van der Waals surface area contributed by atoms with Gasteiger partial charge in [0.1, 0.15) is 5.82 Å². The largest absolute Gasteiger partial charge is 0.480 e. The van der Waals surface area contributed by atoms with E-state index in [0.717, 1.165) is 11.4 Å². The molecule has 1 heterocycles. The van der Waals surface area contributed by atoms with Gasteiger partial charge in [-0.1, -0.05) is 0 Å². The molecule has 0 saturated heterocycles. The molecule has 0 aliphatic rings. The summed E-state index contributed by atoms with van der Waals surface area (Å²) in [6, 6.07) is 7.98. The SMILES string of the molecule is CC(C)N(CC(=O)O)Cc1ccn(-c2ccc(F)cc2)n1. The van der Waals surface area contributed by atoms with Crippen molar-refractivity contribution < 1.29 is 14.3 Å². The molecule has 21 heavy (non-hydrogen) atoms. The fourth-order valence-electron chi connectivity index (χ4n) is 1.99. The lowest BCUT2D eigenvalue weighted by molar-refractivity contribution is -0.139. The number of halogens is 1. The average molecular weight is 291 g/mol. The van der Waals surface area contributed by atoms with E-state index in [1.807, 2.05) is 24.8 Å². The number of carboxylic acids is 1. The minimum absolute atomic E-state index is 0.0267. The lowest BCUT2D eigenvalue weighted by atomic mass is 10.3. The van der Waals surface area contributed by atoms with Crippen LogP contribution in [0.2, 0.25) is 0 Å². The highest BCUT2D eigenvalue weighted by Gasteiger charge is 2.15. The maximum Gasteiger partial charge on any atom is 0.317 e. The summed E-state index contributed by atoms with van der Waals surface area (Å²) in [5.41, 5.74) is 1.53. The molecule has 6 heteroatoms. The zero-order chi connectivity index (χ0) is 15.4. The highest BCUT2D eigenvalue weighted by Crippen LogP contribution is 2.11. The first kappa shape index (κ1) is 15.2. The van der Waals surface area contributed by atoms with Crippen molar-refractivity contribution in [2.24, 2.45) is 0 Å². The number of carbonyl (C=O) groups is 1. The van der Waals surface area contributed by atoms with E-state index in [-0.39, 0.29) is 18.4 Å². The summed E-state index contributed by atoms with van der Waals surface area (Å²) in [6.45, 7) is 4.32. The highest BCUT2D eigenvalue weighted by atomic mass is 19.1. The fraction of sp³-hybridized carbons (Fsp3) is 0.333. The van der Waals surface area contributed by atoms with Crippen LogP contribution in [0.5, 0.6) is 0 Å². The molecule has 0 spiro atoms. The van der Waals surface area contributed by atoms with Crippen LogP contribution in [-0.2, 0) is 11.3 Å². The molecule has 2 rings (SSSR count). The zero-order valence-electron chi connectivity index (χ0n) is 12.0. The van der Waals surface area contributed by atoms with Crippen molar-refractivity contribution >= 4 is 5.97 Å². The van der Waals surface area contributed by atoms with E-state index in [1.54, 1.807) is 23.0 Å². The Labute approximate surface area is 122 Å². The number of hydrogen-bond acceptors (Lipinski definition) is 3. The molecule has 5 nitrogen and oxygen atoms in total. The number of carboxylic acid groups (broad SMARTS) is 1. The number of benzene rings is 1. The van der Waals surface area contributed by atoms with Gasteiger partial charge in [0.05, 0.1) is 17.9 Å². The predicted octanol–water partition coefficient (Wildman–Crippen LogP) is 2.31. The smallest absolute Gasteiger partial charge is 0.317 e. The average Bonchev–Trinajstić information content (AvgIpc) is 2.87. The predicted molar refractivity (Wildman–Crippen MR) is 76.7 cm³/mol. The van der Waals surface area contributed by atoms with Crippen molar-refractivity contribution in [1.82, 2.24) is 14.7 Å². The molecule has 0 bridgehead atoms. The molecule has 0 radical (unpaired) electrons. The van der Waals surface area contributed by atoms with Gasteiger partial charge in [-0.15, -0.1) is 0 Å². The van der Waals surface area contributed by atoms with E-state index >= 15 is 0 Å². The van der Waals surface area contributed by atoms with E-state index in [4.69, 9.17) is 5.11 Å². The van der Waals surface area contributed by atoms with E-state index in [9.17, 15) is 9.18 Å². The third-order valence-corrected chi connectivity index (χ3v) is 3.17. The standard InChI is InChI=1S/C15H18FN3O2/c1-11(2)18(10-15(20)21)9-13-7-8-19(17-13)14-5-3-12(16)4-6-14/h3-8,11H,9-10H2,1-2H3,(H,20,21). The van der Waals surface area contributed by atoms with Gasteiger partial charge < -0.3 is 5.11 Å². The Morgan fingerprint density at radius 2 is 2.00 bits per heavy atom. The second kappa shape index (κ2) is 6.49. The Balaban J connectivity index is 2.11. The minimum Gasteiger partial charge on any atom is -0.480 e. The maximum atomic E-state index is 12.9. The first-order valence-electron chi connectivity index (χ1n) is 6.72. The number of nitrogens with zero attached hydrogens (tertiary/aromatic N) is 3. The van der Waals surface area contributed by atoms with Crippen molar-refractivity contribution in [1.29, 1.82) is 0 Å².